The van der Waals surface area contributed by atoms with Gasteiger partial charge in [0.2, 0.25) is 0 Å². The number of thioether (sulfide) groups is 1. The van der Waals surface area contributed by atoms with Crippen LogP contribution >= 0.6 is 11.8 Å². The van der Waals surface area contributed by atoms with Gasteiger partial charge in [-0.3, -0.25) is 9.59 Å². The summed E-state index contributed by atoms with van der Waals surface area (Å²) in [6.07, 6.45) is 0. The molecule has 0 aromatic carbocycles. The quantitative estimate of drug-likeness (QED) is 0.360. The highest BCUT2D eigenvalue weighted by atomic mass is 32.2. The van der Waals surface area contributed by atoms with E-state index in [1.54, 1.807) is 0 Å². The topological polar surface area (TPSA) is 84.9 Å². The predicted octanol–water partition coefficient (Wildman–Crippen LogP) is -0.197. The van der Waals surface area contributed by atoms with E-state index in [9.17, 15) is 9.59 Å². The van der Waals surface area contributed by atoms with E-state index in [4.69, 9.17) is 5.21 Å². The van der Waals surface area contributed by atoms with Gasteiger partial charge in [0.1, 0.15) is 12.6 Å². The van der Waals surface area contributed by atoms with Crippen LogP contribution in [0.1, 0.15) is 6.92 Å². The Balaban J connectivity index is 3.55. The highest BCUT2D eigenvalue weighted by Crippen LogP contribution is 2.03. The Labute approximate surface area is 92.3 Å². The maximum Gasteiger partial charge on any atom is 0.326 e. The summed E-state index contributed by atoms with van der Waals surface area (Å²) < 4.78 is 9.12. The van der Waals surface area contributed by atoms with Crippen LogP contribution in [-0.2, 0) is 19.1 Å². The summed E-state index contributed by atoms with van der Waals surface area (Å²) in [7, 11) is 1.25. The van der Waals surface area contributed by atoms with Crippen molar-refractivity contribution in [2.75, 3.05) is 25.2 Å². The van der Waals surface area contributed by atoms with Crippen LogP contribution in [0.2, 0.25) is 0 Å². The summed E-state index contributed by atoms with van der Waals surface area (Å²) in [6.45, 7) is 1.62. The van der Waals surface area contributed by atoms with Crippen molar-refractivity contribution in [3.63, 3.8) is 0 Å². The van der Waals surface area contributed by atoms with E-state index in [-0.39, 0.29) is 5.97 Å². The molecule has 7 heteroatoms. The number of ether oxygens (including phenoxy) is 2. The van der Waals surface area contributed by atoms with Gasteiger partial charge in [0.25, 0.3) is 0 Å². The molecule has 0 aliphatic heterocycles. The van der Waals surface area contributed by atoms with E-state index >= 15 is 0 Å². The Morgan fingerprint density at radius 2 is 2.20 bits per heavy atom. The summed E-state index contributed by atoms with van der Waals surface area (Å²) in [5.41, 5.74) is 1.85. The van der Waals surface area contributed by atoms with E-state index in [1.807, 2.05) is 5.48 Å². The van der Waals surface area contributed by atoms with Gasteiger partial charge in [0.05, 0.1) is 7.11 Å². The molecule has 0 aromatic rings. The summed E-state index contributed by atoms with van der Waals surface area (Å²) in [5, 5.41) is 8.62. The third-order valence-electron chi connectivity index (χ3n) is 1.46. The van der Waals surface area contributed by atoms with Crippen molar-refractivity contribution < 1.29 is 24.3 Å². The first kappa shape index (κ1) is 14.2. The Hall–Kier alpha value is -0.790. The number of hydrogen-bond acceptors (Lipinski definition) is 7. The fraction of sp³-hybridized carbons (Fsp3) is 0.750. The Kier molecular flexibility index (Phi) is 8.06. The second-order valence-corrected chi connectivity index (χ2v) is 3.77. The molecule has 0 aromatic heterocycles. The molecular formula is C8H15NO5S. The number of hydrogen-bond donors (Lipinski definition) is 2. The van der Waals surface area contributed by atoms with Crippen molar-refractivity contribution >= 4 is 23.7 Å². The molecule has 0 heterocycles. The van der Waals surface area contributed by atoms with Crippen LogP contribution in [0.4, 0.5) is 0 Å². The molecule has 0 unspecified atom stereocenters. The zero-order valence-corrected chi connectivity index (χ0v) is 9.50. The summed E-state index contributed by atoms with van der Waals surface area (Å²) in [4.78, 5) is 21.4. The van der Waals surface area contributed by atoms with Gasteiger partial charge in [-0.15, -0.1) is 0 Å². The first-order chi connectivity index (χ1) is 7.11. The Morgan fingerprint density at radius 1 is 1.53 bits per heavy atom. The third-order valence-corrected chi connectivity index (χ3v) is 2.48. The summed E-state index contributed by atoms with van der Waals surface area (Å²) >= 11 is 1.37. The molecule has 0 fully saturated rings. The Bertz CT molecular complexity index is 211. The van der Waals surface area contributed by atoms with Crippen LogP contribution < -0.4 is 5.48 Å². The fourth-order valence-electron chi connectivity index (χ4n) is 0.746. The minimum absolute atomic E-state index is 0.291. The van der Waals surface area contributed by atoms with Crippen LogP contribution in [0.15, 0.2) is 0 Å². The summed E-state index contributed by atoms with van der Waals surface area (Å²) in [5.74, 6) is 0.0528. The monoisotopic (exact) mass is 237 g/mol. The van der Waals surface area contributed by atoms with Gasteiger partial charge in [-0.1, -0.05) is 0 Å². The molecule has 0 saturated carbocycles. The molecule has 6 nitrogen and oxygen atoms in total. The fourth-order valence-corrected chi connectivity index (χ4v) is 1.56. The first-order valence-electron chi connectivity index (χ1n) is 4.30. The van der Waals surface area contributed by atoms with E-state index in [2.05, 4.69) is 9.47 Å². The highest BCUT2D eigenvalue weighted by Gasteiger charge is 2.17. The standard InChI is InChI=1S/C8H15NO5S/c1-6(10)14-3-4-15-5-7(9-12)8(11)13-2/h7,9,12H,3-5H2,1-2H3/t7-/m0/s1. The van der Waals surface area contributed by atoms with Gasteiger partial charge < -0.3 is 14.7 Å². The number of esters is 2. The van der Waals surface area contributed by atoms with Crippen LogP contribution in [0, 0.1) is 0 Å². The highest BCUT2D eigenvalue weighted by molar-refractivity contribution is 7.99. The molecule has 0 bridgehead atoms. The number of carbonyl (C=O) groups excluding carboxylic acids is 2. The summed E-state index contributed by atoms with van der Waals surface area (Å²) in [6, 6.07) is -0.752. The lowest BCUT2D eigenvalue weighted by atomic mass is 10.4. The SMILES string of the molecule is COC(=O)[C@H](CSCCOC(C)=O)NO. The van der Waals surface area contributed by atoms with Crippen molar-refractivity contribution in [2.45, 2.75) is 13.0 Å². The lowest BCUT2D eigenvalue weighted by Gasteiger charge is -2.11. The zero-order valence-electron chi connectivity index (χ0n) is 8.69. The molecule has 1 atom stereocenters. The van der Waals surface area contributed by atoms with Crippen LogP contribution in [0.5, 0.6) is 0 Å². The minimum atomic E-state index is -0.752. The number of rotatable bonds is 7. The number of methoxy groups -OCH3 is 1. The van der Waals surface area contributed by atoms with Crippen molar-refractivity contribution in [1.82, 2.24) is 5.48 Å². The lowest BCUT2D eigenvalue weighted by Crippen LogP contribution is -2.37. The molecule has 0 radical (unpaired) electrons. The van der Waals surface area contributed by atoms with Crippen molar-refractivity contribution in [2.24, 2.45) is 0 Å². The van der Waals surface area contributed by atoms with Crippen molar-refractivity contribution in [1.29, 1.82) is 0 Å². The molecule has 0 aliphatic carbocycles. The first-order valence-corrected chi connectivity index (χ1v) is 5.45. The van der Waals surface area contributed by atoms with E-state index in [0.717, 1.165) is 0 Å². The van der Waals surface area contributed by atoms with Gasteiger partial charge in [0, 0.05) is 18.4 Å². The van der Waals surface area contributed by atoms with Crippen LogP contribution in [-0.4, -0.2) is 48.4 Å². The van der Waals surface area contributed by atoms with Crippen LogP contribution in [0.3, 0.4) is 0 Å². The van der Waals surface area contributed by atoms with E-state index < -0.39 is 12.0 Å². The average molecular weight is 237 g/mol. The van der Waals surface area contributed by atoms with Crippen molar-refractivity contribution in [3.8, 4) is 0 Å². The Morgan fingerprint density at radius 3 is 2.67 bits per heavy atom. The molecule has 0 amide bonds. The van der Waals surface area contributed by atoms with Gasteiger partial charge in [-0.25, -0.2) is 0 Å². The molecule has 15 heavy (non-hydrogen) atoms. The molecule has 88 valence electrons. The lowest BCUT2D eigenvalue weighted by molar-refractivity contribution is -0.145. The van der Waals surface area contributed by atoms with Gasteiger partial charge in [-0.05, 0) is 0 Å². The molecule has 0 aliphatic rings. The molecule has 0 spiro atoms. The third kappa shape index (κ3) is 7.18. The molecular weight excluding hydrogens is 222 g/mol. The maximum atomic E-state index is 11.0. The van der Waals surface area contributed by atoms with E-state index in [0.29, 0.717) is 18.1 Å². The second kappa shape index (κ2) is 8.51. The zero-order chi connectivity index (χ0) is 11.7. The second-order valence-electron chi connectivity index (χ2n) is 2.62. The van der Waals surface area contributed by atoms with Crippen LogP contribution in [0.25, 0.3) is 0 Å². The number of hydroxylamine groups is 1. The van der Waals surface area contributed by atoms with Gasteiger partial charge >= 0.3 is 11.9 Å². The maximum absolute atomic E-state index is 11.0. The molecule has 2 N–H and O–H groups in total. The van der Waals surface area contributed by atoms with E-state index in [1.165, 1.54) is 25.8 Å². The average Bonchev–Trinajstić information content (AvgIpc) is 2.22. The van der Waals surface area contributed by atoms with Crippen molar-refractivity contribution in [3.05, 3.63) is 0 Å². The predicted molar refractivity (Wildman–Crippen MR) is 54.7 cm³/mol. The van der Waals surface area contributed by atoms with Gasteiger partial charge in [0.15, 0.2) is 0 Å². The largest absolute Gasteiger partial charge is 0.468 e. The normalized spacial score (nSPS) is 11.9. The smallest absolute Gasteiger partial charge is 0.326 e. The molecule has 0 saturated heterocycles. The minimum Gasteiger partial charge on any atom is -0.468 e. The number of carbonyl (C=O) groups is 2. The van der Waals surface area contributed by atoms with Gasteiger partial charge in [-0.2, -0.15) is 17.2 Å². The number of nitrogens with one attached hydrogen (secondary N) is 1. The molecule has 0 rings (SSSR count).